The second kappa shape index (κ2) is 8.27. The second-order valence-corrected chi connectivity index (χ2v) is 12.3. The number of carbonyl (C=O) groups excluding carboxylic acids is 1. The van der Waals surface area contributed by atoms with Crippen molar-refractivity contribution in [1.82, 2.24) is 0 Å². The zero-order valence-corrected chi connectivity index (χ0v) is 20.5. The number of allylic oxidation sites excluding steroid dienone is 2. The molecule has 0 bridgehead atoms. The molecule has 0 heterocycles. The molecule has 6 atom stereocenters. The van der Waals surface area contributed by atoms with Gasteiger partial charge in [-0.2, -0.15) is 0 Å². The largest absolute Gasteiger partial charge is 0.500 e. The molecule has 3 nitrogen and oxygen atoms in total. The molecule has 4 aliphatic carbocycles. The number of ether oxygens (including phenoxy) is 1. The van der Waals surface area contributed by atoms with Gasteiger partial charge in [0, 0.05) is 11.3 Å². The standard InChI is InChI=1S/C28H36O3S/c1-27-15-13-20(29)17-19(27)9-10-22-23-11-12-25(28(23,2)16-14-24(22)27)26(31-3)18-32(30)21-7-5-4-6-8-21/h4-8,17,22-24H,9-16,18H2,1-3H3/b26-25+/t22-,23-,24-,27-,28-,32?/m0/s1. The van der Waals surface area contributed by atoms with Gasteiger partial charge in [0.2, 0.25) is 0 Å². The lowest BCUT2D eigenvalue weighted by Crippen LogP contribution is -2.49. The van der Waals surface area contributed by atoms with Crippen molar-refractivity contribution in [3.8, 4) is 0 Å². The Hall–Kier alpha value is -1.68. The highest BCUT2D eigenvalue weighted by atomic mass is 32.2. The molecule has 3 saturated carbocycles. The molecule has 32 heavy (non-hydrogen) atoms. The van der Waals surface area contributed by atoms with Crippen LogP contribution in [0.5, 0.6) is 0 Å². The first-order valence-corrected chi connectivity index (χ1v) is 13.6. The molecular weight excluding hydrogens is 416 g/mol. The summed E-state index contributed by atoms with van der Waals surface area (Å²) >= 11 is 0. The molecule has 0 N–H and O–H groups in total. The molecule has 0 spiro atoms. The van der Waals surface area contributed by atoms with E-state index in [0.29, 0.717) is 23.4 Å². The number of benzene rings is 1. The van der Waals surface area contributed by atoms with Gasteiger partial charge in [0.15, 0.2) is 5.78 Å². The van der Waals surface area contributed by atoms with Crippen LogP contribution in [-0.4, -0.2) is 22.9 Å². The molecule has 3 fully saturated rings. The van der Waals surface area contributed by atoms with E-state index in [1.807, 2.05) is 36.4 Å². The minimum absolute atomic E-state index is 0.148. The van der Waals surface area contributed by atoms with Crippen molar-refractivity contribution in [1.29, 1.82) is 0 Å². The van der Waals surface area contributed by atoms with E-state index in [9.17, 15) is 9.00 Å². The van der Waals surface area contributed by atoms with Gasteiger partial charge in [0.25, 0.3) is 0 Å². The fourth-order valence-electron chi connectivity index (χ4n) is 7.87. The maximum atomic E-state index is 13.1. The molecule has 172 valence electrons. The summed E-state index contributed by atoms with van der Waals surface area (Å²) in [6.45, 7) is 4.90. The van der Waals surface area contributed by atoms with Gasteiger partial charge in [-0.15, -0.1) is 0 Å². The molecule has 4 heteroatoms. The van der Waals surface area contributed by atoms with Crippen molar-refractivity contribution in [3.63, 3.8) is 0 Å². The van der Waals surface area contributed by atoms with Crippen molar-refractivity contribution in [3.05, 3.63) is 53.3 Å². The summed E-state index contributed by atoms with van der Waals surface area (Å²) in [4.78, 5) is 12.9. The van der Waals surface area contributed by atoms with Gasteiger partial charge in [-0.25, -0.2) is 0 Å². The van der Waals surface area contributed by atoms with E-state index >= 15 is 0 Å². The number of carbonyl (C=O) groups is 1. The number of hydrogen-bond donors (Lipinski definition) is 0. The molecule has 1 aromatic carbocycles. The Bertz CT molecular complexity index is 993. The minimum Gasteiger partial charge on any atom is -0.500 e. The lowest BCUT2D eigenvalue weighted by Gasteiger charge is -2.57. The van der Waals surface area contributed by atoms with Crippen LogP contribution in [0.1, 0.15) is 65.2 Å². The third-order valence-corrected chi connectivity index (χ3v) is 10.9. The minimum atomic E-state index is -1.09. The average Bonchev–Trinajstić information content (AvgIpc) is 3.15. The first kappa shape index (κ1) is 22.1. The molecule has 0 amide bonds. The van der Waals surface area contributed by atoms with Gasteiger partial charge in [-0.1, -0.05) is 37.6 Å². The van der Waals surface area contributed by atoms with E-state index < -0.39 is 10.8 Å². The van der Waals surface area contributed by atoms with Gasteiger partial charge in [-0.05, 0) is 97.3 Å². The Morgan fingerprint density at radius 1 is 1.00 bits per heavy atom. The zero-order valence-electron chi connectivity index (χ0n) is 19.7. The Kier molecular flexibility index (Phi) is 5.72. The lowest BCUT2D eigenvalue weighted by atomic mass is 9.47. The highest BCUT2D eigenvalue weighted by Gasteiger charge is 2.58. The van der Waals surface area contributed by atoms with Crippen molar-refractivity contribution in [2.45, 2.75) is 70.1 Å². The van der Waals surface area contributed by atoms with Crippen molar-refractivity contribution in [2.24, 2.45) is 28.6 Å². The molecule has 5 rings (SSSR count). The van der Waals surface area contributed by atoms with Crippen molar-refractivity contribution < 1.29 is 13.7 Å². The summed E-state index contributed by atoms with van der Waals surface area (Å²) in [6, 6.07) is 9.76. The summed E-state index contributed by atoms with van der Waals surface area (Å²) in [6.07, 6.45) is 10.7. The number of rotatable bonds is 4. The van der Waals surface area contributed by atoms with Crippen LogP contribution < -0.4 is 0 Å². The third kappa shape index (κ3) is 3.45. The van der Waals surface area contributed by atoms with Gasteiger partial charge >= 0.3 is 0 Å². The van der Waals surface area contributed by atoms with Crippen LogP contribution in [-0.2, 0) is 20.3 Å². The van der Waals surface area contributed by atoms with E-state index in [2.05, 4.69) is 13.8 Å². The topological polar surface area (TPSA) is 43.4 Å². The molecule has 4 aliphatic rings. The summed E-state index contributed by atoms with van der Waals surface area (Å²) in [5.41, 5.74) is 3.22. The number of hydrogen-bond acceptors (Lipinski definition) is 3. The summed E-state index contributed by atoms with van der Waals surface area (Å²) in [5.74, 6) is 3.85. The van der Waals surface area contributed by atoms with E-state index in [0.717, 1.165) is 42.3 Å². The maximum absolute atomic E-state index is 13.1. The fourth-order valence-corrected chi connectivity index (χ4v) is 9.03. The average molecular weight is 453 g/mol. The monoisotopic (exact) mass is 452 g/mol. The van der Waals surface area contributed by atoms with E-state index in [4.69, 9.17) is 4.74 Å². The van der Waals surface area contributed by atoms with Crippen LogP contribution in [0.2, 0.25) is 0 Å². The Morgan fingerprint density at radius 2 is 1.75 bits per heavy atom. The number of ketones is 1. The lowest BCUT2D eigenvalue weighted by molar-refractivity contribution is -0.117. The van der Waals surface area contributed by atoms with E-state index in [1.54, 1.807) is 7.11 Å². The maximum Gasteiger partial charge on any atom is 0.155 e. The number of fused-ring (bicyclic) bond motifs is 5. The summed E-state index contributed by atoms with van der Waals surface area (Å²) in [5, 5.41) is 0. The van der Waals surface area contributed by atoms with Crippen LogP contribution in [0, 0.1) is 28.6 Å². The van der Waals surface area contributed by atoms with Crippen LogP contribution in [0.25, 0.3) is 0 Å². The first-order valence-electron chi connectivity index (χ1n) is 12.3. The van der Waals surface area contributed by atoms with E-state index in [1.165, 1.54) is 36.8 Å². The fraction of sp³-hybridized carbons (Fsp3) is 0.607. The second-order valence-electron chi connectivity index (χ2n) is 10.9. The molecule has 0 aliphatic heterocycles. The predicted octanol–water partition coefficient (Wildman–Crippen LogP) is 6.23. The van der Waals surface area contributed by atoms with Gasteiger partial charge in [0.05, 0.1) is 23.7 Å². The third-order valence-electron chi connectivity index (χ3n) is 9.60. The molecule has 0 radical (unpaired) electrons. The van der Waals surface area contributed by atoms with Crippen LogP contribution in [0.3, 0.4) is 0 Å². The Morgan fingerprint density at radius 3 is 2.50 bits per heavy atom. The normalized spacial score (nSPS) is 38.8. The highest BCUT2D eigenvalue weighted by molar-refractivity contribution is 7.85. The molecule has 1 unspecified atom stereocenters. The summed E-state index contributed by atoms with van der Waals surface area (Å²) < 4.78 is 19.0. The Balaban J connectivity index is 1.42. The van der Waals surface area contributed by atoms with Gasteiger partial charge in [0.1, 0.15) is 5.76 Å². The predicted molar refractivity (Wildman–Crippen MR) is 128 cm³/mol. The Labute approximate surface area is 195 Å². The zero-order chi connectivity index (χ0) is 22.5. The molecular formula is C28H36O3S. The molecule has 0 saturated heterocycles. The highest BCUT2D eigenvalue weighted by Crippen LogP contribution is 2.66. The van der Waals surface area contributed by atoms with Crippen molar-refractivity contribution >= 4 is 16.6 Å². The van der Waals surface area contributed by atoms with Crippen LogP contribution in [0.4, 0.5) is 0 Å². The van der Waals surface area contributed by atoms with E-state index in [-0.39, 0.29) is 10.8 Å². The quantitative estimate of drug-likeness (QED) is 0.509. The smallest absolute Gasteiger partial charge is 0.155 e. The van der Waals surface area contributed by atoms with Gasteiger partial charge < -0.3 is 4.74 Å². The molecule has 0 aromatic heterocycles. The first-order chi connectivity index (χ1) is 15.4. The van der Waals surface area contributed by atoms with Crippen molar-refractivity contribution in [2.75, 3.05) is 12.9 Å². The molecule has 1 aromatic rings. The SMILES string of the molecule is CO/C(CS(=O)c1ccccc1)=C1\CC[C@H]2[C@@H]3CCC4=CC(=O)CC[C@]4(C)[C@H]3CC[C@]12C. The van der Waals surface area contributed by atoms with Crippen LogP contribution in [0.15, 0.2) is 58.2 Å². The summed E-state index contributed by atoms with van der Waals surface area (Å²) in [7, 11) is 0.669. The van der Waals surface area contributed by atoms with Gasteiger partial charge in [-0.3, -0.25) is 9.00 Å². The number of methoxy groups -OCH3 is 1. The van der Waals surface area contributed by atoms with Crippen LogP contribution >= 0.6 is 0 Å².